The molecule has 1 unspecified atom stereocenters. The molecule has 0 bridgehead atoms. The number of methoxy groups -OCH3 is 1. The summed E-state index contributed by atoms with van der Waals surface area (Å²) < 4.78 is 5.96. The molecule has 3 aliphatic rings. The van der Waals surface area contributed by atoms with E-state index in [1.807, 2.05) is 12.1 Å². The molecule has 0 saturated carbocycles. The van der Waals surface area contributed by atoms with Crippen molar-refractivity contribution in [2.24, 2.45) is 5.10 Å². The molecule has 1 saturated heterocycles. The molecule has 1 aromatic rings. The summed E-state index contributed by atoms with van der Waals surface area (Å²) in [4.78, 5) is 38.3. The van der Waals surface area contributed by atoms with Gasteiger partial charge in [0, 0.05) is 24.2 Å². The Hall–Kier alpha value is -2.51. The van der Waals surface area contributed by atoms with E-state index in [4.69, 9.17) is 4.74 Å². The summed E-state index contributed by atoms with van der Waals surface area (Å²) in [6, 6.07) is 5.46. The van der Waals surface area contributed by atoms with Crippen LogP contribution in [0.2, 0.25) is 0 Å². The van der Waals surface area contributed by atoms with Crippen LogP contribution in [-0.2, 0) is 9.59 Å². The van der Waals surface area contributed by atoms with E-state index in [9.17, 15) is 19.5 Å². The molecule has 2 atom stereocenters. The lowest BCUT2D eigenvalue weighted by atomic mass is 10.0. The van der Waals surface area contributed by atoms with Crippen molar-refractivity contribution in [2.45, 2.75) is 11.4 Å². The van der Waals surface area contributed by atoms with Crippen molar-refractivity contribution in [1.29, 1.82) is 0 Å². The summed E-state index contributed by atoms with van der Waals surface area (Å²) in [7, 11) is 3.43. The maximum Gasteiger partial charge on any atom is 0.352 e. The molecular weight excluding hydrogens is 474 g/mol. The summed E-state index contributed by atoms with van der Waals surface area (Å²) in [6.45, 7) is 0. The Balaban J connectivity index is 1.39. The SMILES string of the molecule is COc1ccc(NC(=O)NC2C(=O)N3C(C(=O)O)=C(CSC4=NN(C)CS4)CS[C@@H]23)cc1. The zero-order chi connectivity index (χ0) is 22.8. The lowest BCUT2D eigenvalue weighted by Crippen LogP contribution is -2.71. The van der Waals surface area contributed by atoms with Gasteiger partial charge in [-0.2, -0.15) is 5.10 Å². The van der Waals surface area contributed by atoms with Crippen LogP contribution < -0.4 is 15.4 Å². The van der Waals surface area contributed by atoms with E-state index in [0.717, 1.165) is 10.3 Å². The van der Waals surface area contributed by atoms with E-state index in [0.29, 0.717) is 28.5 Å². The molecular formula is C19H21N5O5S3. The van der Waals surface area contributed by atoms with Crippen LogP contribution in [0.15, 0.2) is 40.6 Å². The average molecular weight is 496 g/mol. The number of amides is 3. The van der Waals surface area contributed by atoms with Crippen LogP contribution in [0.4, 0.5) is 10.5 Å². The zero-order valence-electron chi connectivity index (χ0n) is 17.2. The second-order valence-corrected chi connectivity index (χ2v) is 10.3. The number of hydrogen-bond donors (Lipinski definition) is 3. The molecule has 4 rings (SSSR count). The van der Waals surface area contributed by atoms with E-state index in [-0.39, 0.29) is 5.70 Å². The molecule has 3 N–H and O–H groups in total. The third-order valence-electron chi connectivity index (χ3n) is 4.88. The van der Waals surface area contributed by atoms with Gasteiger partial charge in [-0.1, -0.05) is 23.5 Å². The molecule has 3 aliphatic heterocycles. The fraction of sp³-hybridized carbons (Fsp3) is 0.368. The lowest BCUT2D eigenvalue weighted by molar-refractivity contribution is -0.148. The Kier molecular flexibility index (Phi) is 6.76. The minimum Gasteiger partial charge on any atom is -0.497 e. The number of carboxylic acids is 1. The molecule has 3 amide bonds. The smallest absolute Gasteiger partial charge is 0.352 e. The number of rotatable bonds is 6. The molecule has 10 nitrogen and oxygen atoms in total. The fourth-order valence-corrected chi connectivity index (χ4v) is 6.77. The van der Waals surface area contributed by atoms with Crippen molar-refractivity contribution in [3.63, 3.8) is 0 Å². The molecule has 170 valence electrons. The topological polar surface area (TPSA) is 124 Å². The van der Waals surface area contributed by atoms with E-state index >= 15 is 0 Å². The molecule has 0 aliphatic carbocycles. The highest BCUT2D eigenvalue weighted by Crippen LogP contribution is 2.41. The predicted molar refractivity (Wildman–Crippen MR) is 127 cm³/mol. The Bertz CT molecular complexity index is 1000. The van der Waals surface area contributed by atoms with Gasteiger partial charge in [-0.05, 0) is 29.8 Å². The number of carboxylic acid groups (broad SMARTS) is 1. The number of carbonyl (C=O) groups is 3. The Morgan fingerprint density at radius 2 is 2.09 bits per heavy atom. The largest absolute Gasteiger partial charge is 0.497 e. The summed E-state index contributed by atoms with van der Waals surface area (Å²) in [5.41, 5.74) is 1.24. The van der Waals surface area contributed by atoms with Gasteiger partial charge in [0.1, 0.15) is 22.9 Å². The van der Waals surface area contributed by atoms with Gasteiger partial charge in [0.2, 0.25) is 0 Å². The van der Waals surface area contributed by atoms with Crippen molar-refractivity contribution < 1.29 is 24.2 Å². The first-order valence-corrected chi connectivity index (χ1v) is 12.6. The Morgan fingerprint density at radius 3 is 2.72 bits per heavy atom. The lowest BCUT2D eigenvalue weighted by Gasteiger charge is -2.49. The number of benzene rings is 1. The highest BCUT2D eigenvalue weighted by molar-refractivity contribution is 8.39. The molecule has 0 spiro atoms. The molecule has 1 aromatic carbocycles. The molecule has 13 heteroatoms. The van der Waals surface area contributed by atoms with Crippen LogP contribution >= 0.6 is 35.3 Å². The predicted octanol–water partition coefficient (Wildman–Crippen LogP) is 2.08. The van der Waals surface area contributed by atoms with Gasteiger partial charge in [0.25, 0.3) is 5.91 Å². The molecule has 3 heterocycles. The number of nitrogens with zero attached hydrogens (tertiary/aromatic N) is 3. The number of aliphatic carboxylic acids is 1. The summed E-state index contributed by atoms with van der Waals surface area (Å²) in [5, 5.41) is 20.8. The number of carbonyl (C=O) groups excluding carboxylic acids is 2. The van der Waals surface area contributed by atoms with E-state index in [2.05, 4.69) is 15.7 Å². The number of β-lactam (4-membered cyclic amide) rings is 1. The minimum atomic E-state index is -1.14. The molecule has 0 aromatic heterocycles. The van der Waals surface area contributed by atoms with Crippen LogP contribution in [0, 0.1) is 0 Å². The third-order valence-corrected chi connectivity index (χ3v) is 8.58. The van der Waals surface area contributed by atoms with Crippen LogP contribution in [-0.4, -0.2) is 80.3 Å². The highest BCUT2D eigenvalue weighted by atomic mass is 32.2. The monoisotopic (exact) mass is 495 g/mol. The number of fused-ring (bicyclic) bond motifs is 1. The number of hydrogen-bond acceptors (Lipinski definition) is 9. The number of thioether (sulfide) groups is 3. The number of urea groups is 1. The molecule has 0 radical (unpaired) electrons. The number of nitrogens with one attached hydrogen (secondary N) is 2. The van der Waals surface area contributed by atoms with Crippen molar-refractivity contribution in [3.05, 3.63) is 35.5 Å². The first kappa shape index (κ1) is 22.7. The first-order chi connectivity index (χ1) is 15.4. The minimum absolute atomic E-state index is 0.0109. The van der Waals surface area contributed by atoms with Crippen LogP contribution in [0.25, 0.3) is 0 Å². The van der Waals surface area contributed by atoms with Crippen molar-refractivity contribution in [1.82, 2.24) is 15.2 Å². The van der Waals surface area contributed by atoms with E-state index in [1.165, 1.54) is 28.4 Å². The summed E-state index contributed by atoms with van der Waals surface area (Å²) >= 11 is 4.51. The quantitative estimate of drug-likeness (QED) is 0.509. The number of ether oxygens (including phenoxy) is 1. The second-order valence-electron chi connectivity index (χ2n) is 7.06. The zero-order valence-corrected chi connectivity index (χ0v) is 19.7. The number of anilines is 1. The maximum absolute atomic E-state index is 12.7. The van der Waals surface area contributed by atoms with Crippen LogP contribution in [0.3, 0.4) is 0 Å². The summed E-state index contributed by atoms with van der Waals surface area (Å²) in [6.07, 6.45) is 0. The van der Waals surface area contributed by atoms with Crippen molar-refractivity contribution in [3.8, 4) is 5.75 Å². The molecule has 1 fully saturated rings. The highest BCUT2D eigenvalue weighted by Gasteiger charge is 2.54. The second kappa shape index (κ2) is 9.55. The van der Waals surface area contributed by atoms with Gasteiger partial charge in [-0.3, -0.25) is 14.7 Å². The van der Waals surface area contributed by atoms with E-state index in [1.54, 1.807) is 43.1 Å². The van der Waals surface area contributed by atoms with Crippen molar-refractivity contribution >= 4 is 63.3 Å². The van der Waals surface area contributed by atoms with E-state index < -0.39 is 29.3 Å². The van der Waals surface area contributed by atoms with Gasteiger partial charge in [0.05, 0.1) is 13.0 Å². The maximum atomic E-state index is 12.7. The van der Waals surface area contributed by atoms with Gasteiger partial charge in [-0.25, -0.2) is 9.59 Å². The first-order valence-electron chi connectivity index (χ1n) is 9.54. The standard InChI is InChI=1S/C19H21N5O5S3/c1-23-9-32-19(22-23)31-8-10-7-30-16-13(15(25)24(16)14(10)17(26)27)21-18(28)20-11-3-5-12(29-2)6-4-11/h3-6,13,16H,7-9H2,1-2H3,(H,26,27)(H2,20,21,28)/t13?,16-/m0/s1. The average Bonchev–Trinajstić information content (AvgIpc) is 3.20. The van der Waals surface area contributed by atoms with Crippen molar-refractivity contribution in [2.75, 3.05) is 36.9 Å². The number of hydrazone groups is 1. The summed E-state index contributed by atoms with van der Waals surface area (Å²) in [5.74, 6) is 0.765. The Labute approximate surface area is 197 Å². The Morgan fingerprint density at radius 1 is 1.34 bits per heavy atom. The van der Waals surface area contributed by atoms with Gasteiger partial charge in [-0.15, -0.1) is 11.8 Å². The van der Waals surface area contributed by atoms with Crippen LogP contribution in [0.5, 0.6) is 5.75 Å². The van der Waals surface area contributed by atoms with Gasteiger partial charge >= 0.3 is 12.0 Å². The van der Waals surface area contributed by atoms with Gasteiger partial charge < -0.3 is 20.5 Å². The third kappa shape index (κ3) is 4.64. The normalized spacial score (nSPS) is 22.2. The van der Waals surface area contributed by atoms with Crippen LogP contribution in [0.1, 0.15) is 0 Å². The fourth-order valence-electron chi connectivity index (χ4n) is 3.34. The van der Waals surface area contributed by atoms with Gasteiger partial charge in [0.15, 0.2) is 4.38 Å². The molecule has 32 heavy (non-hydrogen) atoms.